The van der Waals surface area contributed by atoms with E-state index in [1.807, 2.05) is 19.3 Å². The van der Waals surface area contributed by atoms with E-state index in [0.29, 0.717) is 0 Å². The SMILES string of the molecule is CCc1csc(NCc2ccn(C)n2)n1. The number of hydrogen-bond donors (Lipinski definition) is 1. The van der Waals surface area contributed by atoms with Crippen LogP contribution in [0.4, 0.5) is 5.13 Å². The second-order valence-electron chi connectivity index (χ2n) is 3.33. The molecule has 0 aromatic carbocycles. The molecule has 0 aliphatic rings. The fourth-order valence-corrected chi connectivity index (χ4v) is 2.07. The number of nitrogens with one attached hydrogen (secondary N) is 1. The summed E-state index contributed by atoms with van der Waals surface area (Å²) in [5.41, 5.74) is 2.18. The van der Waals surface area contributed by atoms with Crippen molar-refractivity contribution in [3.05, 3.63) is 29.0 Å². The Morgan fingerprint density at radius 1 is 1.47 bits per heavy atom. The summed E-state index contributed by atoms with van der Waals surface area (Å²) >= 11 is 1.64. The maximum absolute atomic E-state index is 4.42. The van der Waals surface area contributed by atoms with Gasteiger partial charge in [-0.3, -0.25) is 4.68 Å². The number of aryl methyl sites for hydroxylation is 2. The monoisotopic (exact) mass is 222 g/mol. The molecular formula is C10H14N4S. The predicted molar refractivity (Wildman–Crippen MR) is 62.0 cm³/mol. The van der Waals surface area contributed by atoms with Gasteiger partial charge in [-0.25, -0.2) is 4.98 Å². The summed E-state index contributed by atoms with van der Waals surface area (Å²) in [5, 5.41) is 10.6. The standard InChI is InChI=1S/C10H14N4S/c1-3-8-7-15-10(12-8)11-6-9-4-5-14(2)13-9/h4-5,7H,3,6H2,1-2H3,(H,11,12). The molecule has 0 saturated carbocycles. The van der Waals surface area contributed by atoms with Crippen LogP contribution >= 0.6 is 11.3 Å². The number of rotatable bonds is 4. The van der Waals surface area contributed by atoms with E-state index in [0.717, 1.165) is 29.5 Å². The molecule has 0 aliphatic carbocycles. The van der Waals surface area contributed by atoms with Gasteiger partial charge in [0.2, 0.25) is 0 Å². The van der Waals surface area contributed by atoms with Crippen molar-refractivity contribution in [3.63, 3.8) is 0 Å². The third-order valence-electron chi connectivity index (χ3n) is 2.10. The predicted octanol–water partition coefficient (Wildman–Crippen LogP) is 2.05. The molecule has 0 fully saturated rings. The van der Waals surface area contributed by atoms with Gasteiger partial charge in [0.1, 0.15) is 0 Å². The largest absolute Gasteiger partial charge is 0.356 e. The highest BCUT2D eigenvalue weighted by molar-refractivity contribution is 7.13. The van der Waals surface area contributed by atoms with E-state index in [4.69, 9.17) is 0 Å². The first-order valence-electron chi connectivity index (χ1n) is 4.94. The molecule has 2 heterocycles. The summed E-state index contributed by atoms with van der Waals surface area (Å²) in [4.78, 5) is 4.42. The van der Waals surface area contributed by atoms with Crippen molar-refractivity contribution >= 4 is 16.5 Å². The van der Waals surface area contributed by atoms with Gasteiger partial charge in [0.05, 0.1) is 17.9 Å². The van der Waals surface area contributed by atoms with E-state index in [2.05, 4.69) is 27.7 Å². The molecule has 0 amide bonds. The van der Waals surface area contributed by atoms with Crippen LogP contribution in [0.15, 0.2) is 17.6 Å². The molecule has 15 heavy (non-hydrogen) atoms. The van der Waals surface area contributed by atoms with Gasteiger partial charge in [0.25, 0.3) is 0 Å². The lowest BCUT2D eigenvalue weighted by Crippen LogP contribution is -2.00. The third kappa shape index (κ3) is 2.56. The molecular weight excluding hydrogens is 208 g/mol. The molecule has 0 atom stereocenters. The average molecular weight is 222 g/mol. The lowest BCUT2D eigenvalue weighted by molar-refractivity contribution is 0.747. The highest BCUT2D eigenvalue weighted by atomic mass is 32.1. The summed E-state index contributed by atoms with van der Waals surface area (Å²) in [6.07, 6.45) is 2.93. The molecule has 0 unspecified atom stereocenters. The Kier molecular flexibility index (Phi) is 3.01. The smallest absolute Gasteiger partial charge is 0.183 e. The van der Waals surface area contributed by atoms with Crippen LogP contribution in [0, 0.1) is 0 Å². The summed E-state index contributed by atoms with van der Waals surface area (Å²) in [7, 11) is 1.92. The maximum Gasteiger partial charge on any atom is 0.183 e. The molecule has 5 heteroatoms. The van der Waals surface area contributed by atoms with E-state index < -0.39 is 0 Å². The Morgan fingerprint density at radius 3 is 2.93 bits per heavy atom. The minimum absolute atomic E-state index is 0.734. The van der Waals surface area contributed by atoms with E-state index in [9.17, 15) is 0 Å². The molecule has 2 aromatic heterocycles. The fraction of sp³-hybridized carbons (Fsp3) is 0.400. The van der Waals surface area contributed by atoms with Crippen LogP contribution in [0.2, 0.25) is 0 Å². The van der Waals surface area contributed by atoms with Crippen LogP contribution in [0.3, 0.4) is 0 Å². The van der Waals surface area contributed by atoms with Crippen LogP contribution in [0.1, 0.15) is 18.3 Å². The first-order valence-corrected chi connectivity index (χ1v) is 5.82. The molecule has 0 aliphatic heterocycles. The van der Waals surface area contributed by atoms with Crippen molar-refractivity contribution in [3.8, 4) is 0 Å². The zero-order valence-corrected chi connectivity index (χ0v) is 9.71. The van der Waals surface area contributed by atoms with Crippen molar-refractivity contribution in [2.75, 3.05) is 5.32 Å². The molecule has 4 nitrogen and oxygen atoms in total. The average Bonchev–Trinajstić information content (AvgIpc) is 2.83. The van der Waals surface area contributed by atoms with Crippen molar-refractivity contribution < 1.29 is 0 Å². The maximum atomic E-state index is 4.42. The van der Waals surface area contributed by atoms with Crippen molar-refractivity contribution in [2.24, 2.45) is 7.05 Å². The first-order chi connectivity index (χ1) is 7.28. The first kappa shape index (κ1) is 10.2. The molecule has 0 spiro atoms. The number of nitrogens with zero attached hydrogens (tertiary/aromatic N) is 3. The Morgan fingerprint density at radius 2 is 2.33 bits per heavy atom. The van der Waals surface area contributed by atoms with Gasteiger partial charge < -0.3 is 5.32 Å². The highest BCUT2D eigenvalue weighted by Gasteiger charge is 2.01. The minimum atomic E-state index is 0.734. The summed E-state index contributed by atoms with van der Waals surface area (Å²) < 4.78 is 1.80. The number of hydrogen-bond acceptors (Lipinski definition) is 4. The Labute approximate surface area is 93.0 Å². The molecule has 2 rings (SSSR count). The number of aromatic nitrogens is 3. The Balaban J connectivity index is 1.93. The van der Waals surface area contributed by atoms with E-state index in [1.54, 1.807) is 16.0 Å². The quantitative estimate of drug-likeness (QED) is 0.861. The molecule has 2 aromatic rings. The summed E-state index contributed by atoms with van der Waals surface area (Å²) in [6.45, 7) is 2.84. The van der Waals surface area contributed by atoms with Crippen LogP contribution in [-0.2, 0) is 20.0 Å². The summed E-state index contributed by atoms with van der Waals surface area (Å²) in [6, 6.07) is 2.00. The highest BCUT2D eigenvalue weighted by Crippen LogP contribution is 2.16. The topological polar surface area (TPSA) is 42.7 Å². The van der Waals surface area contributed by atoms with Gasteiger partial charge in [0, 0.05) is 18.6 Å². The Bertz CT molecular complexity index is 432. The molecule has 1 N–H and O–H groups in total. The number of thiazole rings is 1. The lowest BCUT2D eigenvalue weighted by Gasteiger charge is -1.98. The molecule has 0 radical (unpaired) electrons. The van der Waals surface area contributed by atoms with E-state index >= 15 is 0 Å². The normalized spacial score (nSPS) is 10.5. The van der Waals surface area contributed by atoms with Gasteiger partial charge in [0.15, 0.2) is 5.13 Å². The van der Waals surface area contributed by atoms with Gasteiger partial charge in [-0.2, -0.15) is 5.10 Å². The van der Waals surface area contributed by atoms with Crippen LogP contribution in [0.25, 0.3) is 0 Å². The zero-order chi connectivity index (χ0) is 10.7. The zero-order valence-electron chi connectivity index (χ0n) is 8.90. The van der Waals surface area contributed by atoms with Gasteiger partial charge in [-0.15, -0.1) is 11.3 Å². The van der Waals surface area contributed by atoms with Crippen LogP contribution < -0.4 is 5.32 Å². The van der Waals surface area contributed by atoms with E-state index in [1.165, 1.54) is 0 Å². The van der Waals surface area contributed by atoms with Crippen LogP contribution in [-0.4, -0.2) is 14.8 Å². The van der Waals surface area contributed by atoms with Gasteiger partial charge in [-0.1, -0.05) is 6.92 Å². The number of anilines is 1. The molecule has 0 bridgehead atoms. The van der Waals surface area contributed by atoms with Gasteiger partial charge in [-0.05, 0) is 12.5 Å². The van der Waals surface area contributed by atoms with Crippen LogP contribution in [0.5, 0.6) is 0 Å². The molecule has 80 valence electrons. The van der Waals surface area contributed by atoms with Crippen molar-refractivity contribution in [1.29, 1.82) is 0 Å². The van der Waals surface area contributed by atoms with Crippen molar-refractivity contribution in [1.82, 2.24) is 14.8 Å². The minimum Gasteiger partial charge on any atom is -0.356 e. The van der Waals surface area contributed by atoms with E-state index in [-0.39, 0.29) is 0 Å². The fourth-order valence-electron chi connectivity index (χ4n) is 1.27. The second-order valence-corrected chi connectivity index (χ2v) is 4.19. The van der Waals surface area contributed by atoms with Crippen molar-refractivity contribution in [2.45, 2.75) is 19.9 Å². The lowest BCUT2D eigenvalue weighted by atomic mass is 10.4. The second kappa shape index (κ2) is 4.44. The Hall–Kier alpha value is -1.36. The summed E-state index contributed by atoms with van der Waals surface area (Å²) in [5.74, 6) is 0. The third-order valence-corrected chi connectivity index (χ3v) is 2.95. The van der Waals surface area contributed by atoms with Gasteiger partial charge >= 0.3 is 0 Å². The molecule has 0 saturated heterocycles.